The zero-order chi connectivity index (χ0) is 15.9. The van der Waals surface area contributed by atoms with Crippen LogP contribution in [0.25, 0.3) is 0 Å². The molecule has 1 N–H and O–H groups in total. The summed E-state index contributed by atoms with van der Waals surface area (Å²) in [6, 6.07) is 10.3. The highest BCUT2D eigenvalue weighted by molar-refractivity contribution is 5.79. The highest BCUT2D eigenvalue weighted by atomic mass is 16.5. The van der Waals surface area contributed by atoms with E-state index in [1.807, 2.05) is 25.1 Å². The fourth-order valence-electron chi connectivity index (χ4n) is 4.84. The lowest BCUT2D eigenvalue weighted by molar-refractivity contribution is -0.158. The van der Waals surface area contributed by atoms with E-state index in [4.69, 9.17) is 4.74 Å². The molecule has 0 aliphatic heterocycles. The van der Waals surface area contributed by atoms with Crippen LogP contribution in [0.3, 0.4) is 0 Å². The Balaban J connectivity index is 1.86. The molecule has 2 saturated carbocycles. The van der Waals surface area contributed by atoms with Gasteiger partial charge in [0, 0.05) is 0 Å². The molecule has 2 aliphatic rings. The van der Waals surface area contributed by atoms with Crippen molar-refractivity contribution in [2.45, 2.75) is 45.6 Å². The van der Waals surface area contributed by atoms with Crippen LogP contribution < -0.4 is 0 Å². The summed E-state index contributed by atoms with van der Waals surface area (Å²) < 4.78 is 5.41. The molecule has 0 radical (unpaired) electrons. The number of hydrogen-bond acceptors (Lipinski definition) is 3. The molecule has 22 heavy (non-hydrogen) atoms. The van der Waals surface area contributed by atoms with E-state index in [0.29, 0.717) is 18.9 Å². The summed E-state index contributed by atoms with van der Waals surface area (Å²) in [5.74, 6) is 1.18. The highest BCUT2D eigenvalue weighted by Crippen LogP contribution is 2.68. The van der Waals surface area contributed by atoms with Gasteiger partial charge in [-0.3, -0.25) is 4.79 Å². The molecule has 0 heterocycles. The molecule has 0 bridgehead atoms. The third-order valence-electron chi connectivity index (χ3n) is 5.82. The summed E-state index contributed by atoms with van der Waals surface area (Å²) in [4.78, 5) is 12.7. The van der Waals surface area contributed by atoms with Crippen molar-refractivity contribution < 1.29 is 14.6 Å². The van der Waals surface area contributed by atoms with Crippen molar-refractivity contribution in [3.05, 3.63) is 35.9 Å². The van der Waals surface area contributed by atoms with Crippen molar-refractivity contribution in [3.63, 3.8) is 0 Å². The summed E-state index contributed by atoms with van der Waals surface area (Å²) in [5, 5.41) is 10.3. The van der Waals surface area contributed by atoms with Gasteiger partial charge in [0.1, 0.15) is 0 Å². The minimum Gasteiger partial charge on any atom is -0.466 e. The van der Waals surface area contributed by atoms with Gasteiger partial charge in [-0.1, -0.05) is 44.2 Å². The molecule has 6 atom stereocenters. The molecule has 3 nitrogen and oxygen atoms in total. The zero-order valence-corrected chi connectivity index (χ0v) is 13.7. The van der Waals surface area contributed by atoms with E-state index in [0.717, 1.165) is 6.42 Å². The van der Waals surface area contributed by atoms with Crippen LogP contribution in [-0.4, -0.2) is 23.8 Å². The molecule has 0 unspecified atom stereocenters. The van der Waals surface area contributed by atoms with E-state index in [1.165, 1.54) is 5.56 Å². The van der Waals surface area contributed by atoms with E-state index in [1.54, 1.807) is 0 Å². The summed E-state index contributed by atoms with van der Waals surface area (Å²) in [6.45, 7) is 6.58. The minimum absolute atomic E-state index is 0.103. The minimum atomic E-state index is -0.505. The predicted octanol–water partition coefficient (Wildman–Crippen LogP) is 3.38. The Morgan fingerprint density at radius 2 is 2.09 bits per heavy atom. The molecule has 120 valence electrons. The van der Waals surface area contributed by atoms with Gasteiger partial charge in [-0.25, -0.2) is 0 Å². The predicted molar refractivity (Wildman–Crippen MR) is 85.3 cm³/mol. The molecule has 2 fully saturated rings. The Hall–Kier alpha value is -1.35. The van der Waals surface area contributed by atoms with Gasteiger partial charge in [0.2, 0.25) is 0 Å². The van der Waals surface area contributed by atoms with Gasteiger partial charge in [0.25, 0.3) is 0 Å². The average Bonchev–Trinajstić information content (AvgIpc) is 3.09. The number of ether oxygens (including phenoxy) is 1. The Morgan fingerprint density at radius 1 is 1.41 bits per heavy atom. The number of benzene rings is 1. The quantitative estimate of drug-likeness (QED) is 0.848. The summed E-state index contributed by atoms with van der Waals surface area (Å²) >= 11 is 0. The maximum absolute atomic E-state index is 12.7. The summed E-state index contributed by atoms with van der Waals surface area (Å²) in [5.41, 5.74) is 0.742. The third-order valence-corrected chi connectivity index (χ3v) is 5.82. The maximum Gasteiger partial charge on any atom is 0.312 e. The summed E-state index contributed by atoms with van der Waals surface area (Å²) in [7, 11) is 0. The van der Waals surface area contributed by atoms with Crippen molar-refractivity contribution in [3.8, 4) is 0 Å². The molecule has 1 aromatic rings. The second kappa shape index (κ2) is 5.69. The first-order valence-corrected chi connectivity index (χ1v) is 8.41. The lowest BCUT2D eigenvalue weighted by Crippen LogP contribution is -2.37. The smallest absolute Gasteiger partial charge is 0.312 e. The normalized spacial score (nSPS) is 37.5. The number of carbonyl (C=O) groups is 1. The molecule has 0 spiro atoms. The van der Waals surface area contributed by atoms with Gasteiger partial charge < -0.3 is 9.84 Å². The number of rotatable bonds is 5. The molecule has 0 amide bonds. The van der Waals surface area contributed by atoms with Gasteiger partial charge in [-0.15, -0.1) is 0 Å². The van der Waals surface area contributed by atoms with Gasteiger partial charge in [0.15, 0.2) is 0 Å². The molecular formula is C19H26O3. The lowest BCUT2D eigenvalue weighted by atomic mass is 9.72. The monoisotopic (exact) mass is 302 g/mol. The largest absolute Gasteiger partial charge is 0.466 e. The van der Waals surface area contributed by atoms with Crippen molar-refractivity contribution in [2.24, 2.45) is 23.2 Å². The molecule has 3 rings (SSSR count). The standard InChI is InChI=1S/C19H26O3/c1-4-22-18(21)19(11-15(20)16-13(3)17(16)19)10-12(2)14-8-6-5-7-9-14/h5-9,12-13,15-17,20H,4,10-11H2,1-3H3/t12-,13-,15-,16+,17+,19+/m0/s1. The first-order valence-electron chi connectivity index (χ1n) is 8.41. The molecule has 0 saturated heterocycles. The number of esters is 1. The highest BCUT2D eigenvalue weighted by Gasteiger charge is 2.70. The van der Waals surface area contributed by atoms with Crippen LogP contribution >= 0.6 is 0 Å². The van der Waals surface area contributed by atoms with Crippen molar-refractivity contribution in [1.29, 1.82) is 0 Å². The molecular weight excluding hydrogens is 276 g/mol. The van der Waals surface area contributed by atoms with E-state index < -0.39 is 5.41 Å². The molecule has 2 aliphatic carbocycles. The second-order valence-corrected chi connectivity index (χ2v) is 7.13. The number of aliphatic hydroxyl groups is 1. The maximum atomic E-state index is 12.7. The van der Waals surface area contributed by atoms with Crippen LogP contribution in [0, 0.1) is 23.2 Å². The molecule has 0 aromatic heterocycles. The Morgan fingerprint density at radius 3 is 2.64 bits per heavy atom. The van der Waals surface area contributed by atoms with Gasteiger partial charge >= 0.3 is 5.97 Å². The second-order valence-electron chi connectivity index (χ2n) is 7.13. The van der Waals surface area contributed by atoms with Gasteiger partial charge in [-0.05, 0) is 49.0 Å². The van der Waals surface area contributed by atoms with Crippen LogP contribution in [0.5, 0.6) is 0 Å². The van der Waals surface area contributed by atoms with E-state index in [9.17, 15) is 9.90 Å². The topological polar surface area (TPSA) is 46.5 Å². The third kappa shape index (κ3) is 2.36. The Labute approximate surface area is 132 Å². The van der Waals surface area contributed by atoms with Crippen molar-refractivity contribution in [1.82, 2.24) is 0 Å². The van der Waals surface area contributed by atoms with Gasteiger partial charge in [0.05, 0.1) is 18.1 Å². The SMILES string of the molecule is CCOC(=O)[C@]1(C[C@H](C)c2ccccc2)C[C@H](O)[C@H]2[C@H](C)[C@H]21. The lowest BCUT2D eigenvalue weighted by Gasteiger charge is -2.33. The van der Waals surface area contributed by atoms with Gasteiger partial charge in [-0.2, -0.15) is 0 Å². The molecule has 1 aromatic carbocycles. The van der Waals surface area contributed by atoms with E-state index in [-0.39, 0.29) is 29.8 Å². The zero-order valence-electron chi connectivity index (χ0n) is 13.7. The van der Waals surface area contributed by atoms with Crippen LogP contribution in [0.1, 0.15) is 45.1 Å². The number of fused-ring (bicyclic) bond motifs is 1. The molecule has 3 heteroatoms. The Kier molecular flexibility index (Phi) is 4.02. The number of hydrogen-bond donors (Lipinski definition) is 1. The fourth-order valence-corrected chi connectivity index (χ4v) is 4.84. The van der Waals surface area contributed by atoms with E-state index in [2.05, 4.69) is 26.0 Å². The number of carbonyl (C=O) groups excluding carboxylic acids is 1. The van der Waals surface area contributed by atoms with Crippen LogP contribution in [0.4, 0.5) is 0 Å². The first-order chi connectivity index (χ1) is 10.5. The summed E-state index contributed by atoms with van der Waals surface area (Å²) in [6.07, 6.45) is 0.966. The van der Waals surface area contributed by atoms with Crippen LogP contribution in [-0.2, 0) is 9.53 Å². The van der Waals surface area contributed by atoms with Crippen LogP contribution in [0.15, 0.2) is 30.3 Å². The number of aliphatic hydroxyl groups excluding tert-OH is 1. The van der Waals surface area contributed by atoms with E-state index >= 15 is 0 Å². The Bertz CT molecular complexity index is 541. The first kappa shape index (κ1) is 15.5. The van der Waals surface area contributed by atoms with Crippen molar-refractivity contribution in [2.75, 3.05) is 6.61 Å². The van der Waals surface area contributed by atoms with Crippen molar-refractivity contribution >= 4 is 5.97 Å². The fraction of sp³-hybridized carbons (Fsp3) is 0.632. The van der Waals surface area contributed by atoms with Crippen LogP contribution in [0.2, 0.25) is 0 Å². The average molecular weight is 302 g/mol.